The Morgan fingerprint density at radius 1 is 1.09 bits per heavy atom. The predicted molar refractivity (Wildman–Crippen MR) is 96.7 cm³/mol. The molecule has 0 N–H and O–H groups in total. The van der Waals surface area contributed by atoms with Crippen LogP contribution in [0.5, 0.6) is 0 Å². The number of nitrogens with zero attached hydrogens (tertiary/aromatic N) is 1. The highest BCUT2D eigenvalue weighted by Crippen LogP contribution is 2.39. The van der Waals surface area contributed by atoms with Gasteiger partial charge in [-0.05, 0) is 38.5 Å². The molecule has 0 bridgehead atoms. The summed E-state index contributed by atoms with van der Waals surface area (Å²) in [6.07, 6.45) is 0.788. The van der Waals surface area contributed by atoms with E-state index in [-0.39, 0.29) is 11.8 Å². The van der Waals surface area contributed by atoms with Crippen molar-refractivity contribution < 1.29 is 8.91 Å². The Balaban J connectivity index is 2.62. The zero-order chi connectivity index (χ0) is 19.4. The summed E-state index contributed by atoms with van der Waals surface area (Å²) in [5, 5.41) is 0. The van der Waals surface area contributed by atoms with E-state index in [1.165, 1.54) is 4.90 Å². The first-order chi connectivity index (χ1) is 12.2. The van der Waals surface area contributed by atoms with Gasteiger partial charge in [-0.2, -0.15) is 0 Å². The third-order valence-corrected chi connectivity index (χ3v) is 4.59. The van der Waals surface area contributed by atoms with Crippen LogP contribution in [0.2, 0.25) is 0 Å². The molecule has 2 aromatic rings. The van der Waals surface area contributed by atoms with Crippen molar-refractivity contribution in [1.82, 2.24) is 4.90 Å². The van der Waals surface area contributed by atoms with E-state index >= 15 is 0 Å². The van der Waals surface area contributed by atoms with E-state index in [0.29, 0.717) is 12.8 Å². The molecule has 2 heteroatoms. The molecule has 122 valence electrons. The first-order valence-electron chi connectivity index (χ1n) is 9.60. The Bertz CT molecular complexity index is 674. The van der Waals surface area contributed by atoms with E-state index in [9.17, 15) is 4.79 Å². The number of carbonyl (C=O) groups is 1. The molecule has 0 heterocycles. The highest BCUT2D eigenvalue weighted by molar-refractivity contribution is 5.93. The van der Waals surface area contributed by atoms with Gasteiger partial charge in [-0.1, -0.05) is 67.6 Å². The van der Waals surface area contributed by atoms with Crippen molar-refractivity contribution in [3.05, 3.63) is 71.8 Å². The standard InChI is InChI=1S/C21H27NO/c1-5-20(23)21(16-17(2)22(3)4,18-12-8-6-9-13-18)19-14-10-7-11-15-19/h6-15,17H,5,16H2,1-4H3/i3D3. The quantitative estimate of drug-likeness (QED) is 0.760. The predicted octanol–water partition coefficient (Wildman–Crippen LogP) is 4.29. The normalized spacial score (nSPS) is 15.6. The van der Waals surface area contributed by atoms with Gasteiger partial charge in [-0.25, -0.2) is 0 Å². The van der Waals surface area contributed by atoms with Gasteiger partial charge in [0.2, 0.25) is 0 Å². The lowest BCUT2D eigenvalue weighted by atomic mass is 9.67. The van der Waals surface area contributed by atoms with Crippen LogP contribution < -0.4 is 0 Å². The molecule has 0 aliphatic heterocycles. The van der Waals surface area contributed by atoms with Crippen LogP contribution in [0.1, 0.15) is 41.9 Å². The molecule has 0 aliphatic carbocycles. The van der Waals surface area contributed by atoms with Crippen LogP contribution >= 0.6 is 0 Å². The molecule has 0 spiro atoms. The van der Waals surface area contributed by atoms with Gasteiger partial charge < -0.3 is 4.90 Å². The molecule has 1 unspecified atom stereocenters. The molecule has 23 heavy (non-hydrogen) atoms. The second-order valence-corrected chi connectivity index (χ2v) is 6.08. The zero-order valence-corrected chi connectivity index (χ0v) is 14.1. The van der Waals surface area contributed by atoms with Gasteiger partial charge in [-0.3, -0.25) is 4.79 Å². The fraction of sp³-hybridized carbons (Fsp3) is 0.381. The number of Topliss-reactive ketones (excluding diaryl/α,β-unsaturated/α-hetero) is 1. The number of carbonyl (C=O) groups excluding carboxylic acids is 1. The van der Waals surface area contributed by atoms with E-state index in [4.69, 9.17) is 4.11 Å². The third-order valence-electron chi connectivity index (χ3n) is 4.59. The largest absolute Gasteiger partial charge is 0.307 e. The summed E-state index contributed by atoms with van der Waals surface area (Å²) in [6.45, 7) is 1.53. The van der Waals surface area contributed by atoms with Crippen molar-refractivity contribution in [2.24, 2.45) is 0 Å². The van der Waals surface area contributed by atoms with E-state index in [1.54, 1.807) is 7.05 Å². The number of benzene rings is 2. The molecule has 0 saturated carbocycles. The second kappa shape index (κ2) is 7.56. The first kappa shape index (κ1) is 13.5. The van der Waals surface area contributed by atoms with Gasteiger partial charge in [0.1, 0.15) is 5.78 Å². The maximum absolute atomic E-state index is 13.3. The van der Waals surface area contributed by atoms with Crippen molar-refractivity contribution in [2.75, 3.05) is 14.0 Å². The highest BCUT2D eigenvalue weighted by Gasteiger charge is 2.41. The molecule has 2 aromatic carbocycles. The van der Waals surface area contributed by atoms with Crippen molar-refractivity contribution >= 4 is 5.78 Å². The molecule has 2 rings (SSSR count). The Kier molecular flexibility index (Phi) is 4.44. The van der Waals surface area contributed by atoms with E-state index in [2.05, 4.69) is 0 Å². The van der Waals surface area contributed by atoms with Crippen molar-refractivity contribution in [2.45, 2.75) is 38.1 Å². The monoisotopic (exact) mass is 312 g/mol. The number of hydrogen-bond donors (Lipinski definition) is 0. The summed E-state index contributed by atoms with van der Waals surface area (Å²) in [6, 6.07) is 19.1. The van der Waals surface area contributed by atoms with Gasteiger partial charge in [0, 0.05) is 16.6 Å². The minimum Gasteiger partial charge on any atom is -0.307 e. The van der Waals surface area contributed by atoms with Crippen LogP contribution in [0, 0.1) is 0 Å². The topological polar surface area (TPSA) is 20.3 Å². The average molecular weight is 312 g/mol. The van der Waals surface area contributed by atoms with Crippen LogP contribution in [0.15, 0.2) is 60.7 Å². The first-order valence-corrected chi connectivity index (χ1v) is 8.10. The van der Waals surface area contributed by atoms with Crippen LogP contribution in [-0.4, -0.2) is 30.7 Å². The van der Waals surface area contributed by atoms with E-state index in [1.807, 2.05) is 74.5 Å². The summed E-state index contributed by atoms with van der Waals surface area (Å²) in [5.41, 5.74) is 0.948. The van der Waals surface area contributed by atoms with Crippen LogP contribution in [0.25, 0.3) is 0 Å². The molecule has 0 saturated heterocycles. The Morgan fingerprint density at radius 3 is 1.96 bits per heavy atom. The molecule has 0 aliphatic rings. The average Bonchev–Trinajstić information content (AvgIpc) is 2.65. The van der Waals surface area contributed by atoms with Gasteiger partial charge >= 0.3 is 0 Å². The lowest BCUT2D eigenvalue weighted by Crippen LogP contribution is -2.42. The van der Waals surface area contributed by atoms with Crippen molar-refractivity contribution in [3.8, 4) is 0 Å². The smallest absolute Gasteiger partial charge is 0.147 e. The molecule has 2 nitrogen and oxygen atoms in total. The van der Waals surface area contributed by atoms with Gasteiger partial charge in [-0.15, -0.1) is 0 Å². The minimum absolute atomic E-state index is 0.0979. The number of hydrogen-bond acceptors (Lipinski definition) is 2. The maximum Gasteiger partial charge on any atom is 0.147 e. The van der Waals surface area contributed by atoms with Gasteiger partial charge in [0.05, 0.1) is 5.41 Å². The van der Waals surface area contributed by atoms with Crippen molar-refractivity contribution in [1.29, 1.82) is 0 Å². The fourth-order valence-electron chi connectivity index (χ4n) is 3.17. The summed E-state index contributed by atoms with van der Waals surface area (Å²) in [5.74, 6) is 0.0979. The molecule has 0 fully saturated rings. The molecule has 0 aromatic heterocycles. The molecular weight excluding hydrogens is 282 g/mol. The molecule has 1 atom stereocenters. The van der Waals surface area contributed by atoms with Crippen LogP contribution in [0.3, 0.4) is 0 Å². The lowest BCUT2D eigenvalue weighted by molar-refractivity contribution is -0.123. The Morgan fingerprint density at radius 2 is 1.57 bits per heavy atom. The minimum atomic E-state index is -2.20. The van der Waals surface area contributed by atoms with Gasteiger partial charge in [0.25, 0.3) is 0 Å². The number of ketones is 1. The van der Waals surface area contributed by atoms with Gasteiger partial charge in [0.15, 0.2) is 0 Å². The summed E-state index contributed by atoms with van der Waals surface area (Å²) in [4.78, 5) is 14.7. The van der Waals surface area contributed by atoms with E-state index in [0.717, 1.165) is 11.1 Å². The Hall–Kier alpha value is -1.93. The van der Waals surface area contributed by atoms with Crippen LogP contribution in [-0.2, 0) is 10.2 Å². The summed E-state index contributed by atoms with van der Waals surface area (Å²) in [7, 11) is 1.59. The second-order valence-electron chi connectivity index (χ2n) is 6.08. The summed E-state index contributed by atoms with van der Waals surface area (Å²) >= 11 is 0. The molecule has 0 amide bonds. The summed E-state index contributed by atoms with van der Waals surface area (Å²) < 4.78 is 23.1. The zero-order valence-electron chi connectivity index (χ0n) is 17.1. The van der Waals surface area contributed by atoms with Crippen LogP contribution in [0.4, 0.5) is 0 Å². The fourth-order valence-corrected chi connectivity index (χ4v) is 3.17. The highest BCUT2D eigenvalue weighted by atomic mass is 16.1. The number of rotatable bonds is 7. The third kappa shape index (κ3) is 3.53. The maximum atomic E-state index is 13.3. The SMILES string of the molecule is [2H]C([2H])([2H])N(C)C(C)CC(C(=O)CC)(c1ccccc1)c1ccccc1. The van der Waals surface area contributed by atoms with Crippen molar-refractivity contribution in [3.63, 3.8) is 0 Å². The Labute approximate surface area is 144 Å². The molecular formula is C21H27NO. The van der Waals surface area contributed by atoms with E-state index < -0.39 is 12.4 Å². The lowest BCUT2D eigenvalue weighted by Gasteiger charge is -2.37. The molecule has 0 radical (unpaired) electrons.